The van der Waals surface area contributed by atoms with E-state index in [4.69, 9.17) is 18.9 Å². The number of nitrogens with zero attached hydrogens (tertiary/aromatic N) is 2. The molecule has 0 saturated heterocycles. The third-order valence-corrected chi connectivity index (χ3v) is 5.57. The lowest BCUT2D eigenvalue weighted by atomic mass is 9.76. The lowest BCUT2D eigenvalue weighted by Gasteiger charge is -2.33. The van der Waals surface area contributed by atoms with Gasteiger partial charge in [-0.3, -0.25) is 0 Å². The highest BCUT2D eigenvalue weighted by Gasteiger charge is 2.62. The van der Waals surface area contributed by atoms with Crippen LogP contribution in [0.15, 0.2) is 70.9 Å². The summed E-state index contributed by atoms with van der Waals surface area (Å²) in [4.78, 5) is 39.1. The number of benzene rings is 2. The van der Waals surface area contributed by atoms with Crippen molar-refractivity contribution in [2.75, 3.05) is 14.2 Å². The van der Waals surface area contributed by atoms with Crippen molar-refractivity contribution < 1.29 is 33.3 Å². The van der Waals surface area contributed by atoms with E-state index in [-0.39, 0.29) is 12.8 Å². The van der Waals surface area contributed by atoms with E-state index in [1.54, 1.807) is 51.1 Å². The van der Waals surface area contributed by atoms with Crippen molar-refractivity contribution >= 4 is 18.1 Å². The number of methoxy groups -OCH3 is 2. The highest BCUT2D eigenvalue weighted by molar-refractivity contribution is 5.88. The van der Waals surface area contributed by atoms with Gasteiger partial charge in [-0.2, -0.15) is 10.2 Å². The fourth-order valence-electron chi connectivity index (χ4n) is 4.09. The maximum Gasteiger partial charge on any atom is 0.509 e. The molecule has 0 bridgehead atoms. The number of ether oxygens (including phenoxy) is 4. The number of rotatable bonds is 7. The summed E-state index contributed by atoms with van der Waals surface area (Å²) in [6.07, 6.45) is -2.40. The molecule has 0 radical (unpaired) electrons. The van der Waals surface area contributed by atoms with E-state index in [2.05, 4.69) is 10.2 Å². The Bertz CT molecular complexity index is 1080. The van der Waals surface area contributed by atoms with Crippen molar-refractivity contribution in [3.8, 4) is 0 Å². The van der Waals surface area contributed by atoms with Gasteiger partial charge in [0.1, 0.15) is 5.60 Å². The van der Waals surface area contributed by atoms with Crippen molar-refractivity contribution in [3.05, 3.63) is 71.8 Å². The first-order chi connectivity index (χ1) is 16.5. The van der Waals surface area contributed by atoms with Gasteiger partial charge in [0.25, 0.3) is 0 Å². The van der Waals surface area contributed by atoms with Crippen LogP contribution in [0, 0.1) is 0 Å². The smallest absolute Gasteiger partial charge is 0.467 e. The monoisotopic (exact) mass is 482 g/mol. The molecule has 1 aliphatic rings. The molecule has 3 rings (SSSR count). The molecule has 0 unspecified atom stereocenters. The topological polar surface area (TPSA) is 113 Å². The Balaban J connectivity index is 2.10. The van der Waals surface area contributed by atoms with Crippen LogP contribution in [-0.2, 0) is 35.0 Å². The standard InChI is InChI=1S/C26H30N2O7/c1-24(2,3)35-23(31)34-20(19-14-10-7-11-15-19)26(22(30)33-5)17-25(27-28-26,21(29)32-4)16-18-12-8-6-9-13-18/h6-15,20H,16-17H2,1-5H3/t20-,25+,26+/m0/s1. The van der Waals surface area contributed by atoms with Gasteiger partial charge in [-0.05, 0) is 31.9 Å². The van der Waals surface area contributed by atoms with E-state index in [0.29, 0.717) is 5.56 Å². The predicted molar refractivity (Wildman–Crippen MR) is 126 cm³/mol. The minimum absolute atomic E-state index is 0.122. The molecule has 0 N–H and O–H groups in total. The highest BCUT2D eigenvalue weighted by atomic mass is 16.7. The Kier molecular flexibility index (Phi) is 7.57. The van der Waals surface area contributed by atoms with Crippen molar-refractivity contribution in [3.63, 3.8) is 0 Å². The molecule has 0 saturated carbocycles. The molecular formula is C26H30N2O7. The number of esters is 2. The second-order valence-electron chi connectivity index (χ2n) is 9.35. The molecule has 9 nitrogen and oxygen atoms in total. The Hall–Kier alpha value is -3.75. The van der Waals surface area contributed by atoms with E-state index >= 15 is 0 Å². The van der Waals surface area contributed by atoms with Gasteiger partial charge >= 0.3 is 18.1 Å². The second kappa shape index (κ2) is 10.2. The normalized spacial score (nSPS) is 22.2. The Morgan fingerprint density at radius 2 is 1.46 bits per heavy atom. The summed E-state index contributed by atoms with van der Waals surface area (Å²) in [6.45, 7) is 5.08. The van der Waals surface area contributed by atoms with Crippen molar-refractivity contribution in [2.45, 2.75) is 56.4 Å². The lowest BCUT2D eigenvalue weighted by molar-refractivity contribution is -0.155. The van der Waals surface area contributed by atoms with Crippen LogP contribution in [0.4, 0.5) is 4.79 Å². The first kappa shape index (κ1) is 25.9. The molecule has 9 heteroatoms. The van der Waals surface area contributed by atoms with Crippen molar-refractivity contribution in [1.82, 2.24) is 0 Å². The average Bonchev–Trinajstić information content (AvgIpc) is 3.23. The van der Waals surface area contributed by atoms with Gasteiger partial charge in [0.15, 0.2) is 11.6 Å². The molecule has 2 aromatic rings. The van der Waals surface area contributed by atoms with Crippen LogP contribution in [0.1, 0.15) is 44.4 Å². The van der Waals surface area contributed by atoms with Gasteiger partial charge in [0.2, 0.25) is 5.54 Å². The number of hydrogen-bond acceptors (Lipinski definition) is 9. The van der Waals surface area contributed by atoms with Crippen LogP contribution in [0.5, 0.6) is 0 Å². The maximum absolute atomic E-state index is 13.3. The number of azo groups is 1. The highest BCUT2D eigenvalue weighted by Crippen LogP contribution is 2.48. The fourth-order valence-corrected chi connectivity index (χ4v) is 4.09. The van der Waals surface area contributed by atoms with Crippen LogP contribution in [0.25, 0.3) is 0 Å². The fraction of sp³-hybridized carbons (Fsp3) is 0.423. The van der Waals surface area contributed by atoms with Gasteiger partial charge in [-0.15, -0.1) is 0 Å². The lowest BCUT2D eigenvalue weighted by Crippen LogP contribution is -2.50. The van der Waals surface area contributed by atoms with Crippen LogP contribution in [0.3, 0.4) is 0 Å². The molecule has 1 heterocycles. The number of carbonyl (C=O) groups excluding carboxylic acids is 3. The summed E-state index contributed by atoms with van der Waals surface area (Å²) in [5.41, 5.74) is -2.97. The van der Waals surface area contributed by atoms with Crippen molar-refractivity contribution in [1.29, 1.82) is 0 Å². The first-order valence-electron chi connectivity index (χ1n) is 11.1. The molecule has 2 aromatic carbocycles. The first-order valence-corrected chi connectivity index (χ1v) is 11.1. The Morgan fingerprint density at radius 3 is 2.00 bits per heavy atom. The molecule has 0 spiro atoms. The Labute approximate surface area is 204 Å². The summed E-state index contributed by atoms with van der Waals surface area (Å²) in [7, 11) is 2.44. The third-order valence-electron chi connectivity index (χ3n) is 5.57. The third kappa shape index (κ3) is 5.67. The summed E-state index contributed by atoms with van der Waals surface area (Å²) in [5.74, 6) is -1.47. The summed E-state index contributed by atoms with van der Waals surface area (Å²) in [6, 6.07) is 17.8. The zero-order chi connectivity index (χ0) is 25.7. The van der Waals surface area contributed by atoms with E-state index < -0.39 is 40.9 Å². The van der Waals surface area contributed by atoms with Crippen LogP contribution in [-0.4, -0.2) is 49.0 Å². The van der Waals surface area contributed by atoms with E-state index in [9.17, 15) is 14.4 Å². The summed E-state index contributed by atoms with van der Waals surface area (Å²) < 4.78 is 21.2. The molecule has 0 aromatic heterocycles. The maximum atomic E-state index is 13.3. The Morgan fingerprint density at radius 1 is 0.886 bits per heavy atom. The van der Waals surface area contributed by atoms with Crippen molar-refractivity contribution in [2.24, 2.45) is 10.2 Å². The van der Waals surface area contributed by atoms with Gasteiger partial charge in [-0.1, -0.05) is 60.7 Å². The van der Waals surface area contributed by atoms with Gasteiger partial charge in [-0.25, -0.2) is 14.4 Å². The second-order valence-corrected chi connectivity index (χ2v) is 9.35. The van der Waals surface area contributed by atoms with Crippen LogP contribution >= 0.6 is 0 Å². The van der Waals surface area contributed by atoms with E-state index in [1.807, 2.05) is 30.3 Å². The zero-order valence-electron chi connectivity index (χ0n) is 20.5. The number of carbonyl (C=O) groups is 3. The largest absolute Gasteiger partial charge is 0.509 e. The minimum atomic E-state index is -1.85. The van der Waals surface area contributed by atoms with E-state index in [0.717, 1.165) is 5.56 Å². The summed E-state index contributed by atoms with van der Waals surface area (Å²) >= 11 is 0. The molecule has 35 heavy (non-hydrogen) atoms. The number of hydrogen-bond donors (Lipinski definition) is 0. The average molecular weight is 483 g/mol. The molecule has 0 amide bonds. The molecule has 0 aliphatic carbocycles. The predicted octanol–water partition coefficient (Wildman–Crippen LogP) is 4.60. The van der Waals surface area contributed by atoms with Crippen LogP contribution < -0.4 is 0 Å². The molecular weight excluding hydrogens is 452 g/mol. The van der Waals surface area contributed by atoms with E-state index in [1.165, 1.54) is 14.2 Å². The quantitative estimate of drug-likeness (QED) is 0.419. The SMILES string of the molecule is COC(=O)[C@@]1(Cc2ccccc2)C[C@](C(=O)OC)([C@@H](OC(=O)OC(C)(C)C)c2ccccc2)N=N1. The molecule has 1 aliphatic heterocycles. The summed E-state index contributed by atoms with van der Waals surface area (Å²) in [5, 5.41) is 8.60. The van der Waals surface area contributed by atoms with Gasteiger partial charge in [0.05, 0.1) is 14.2 Å². The molecule has 0 fully saturated rings. The van der Waals surface area contributed by atoms with Gasteiger partial charge in [0, 0.05) is 12.8 Å². The molecule has 3 atom stereocenters. The molecule has 186 valence electrons. The minimum Gasteiger partial charge on any atom is -0.467 e. The van der Waals surface area contributed by atoms with Gasteiger partial charge < -0.3 is 18.9 Å². The van der Waals surface area contributed by atoms with Crippen LogP contribution in [0.2, 0.25) is 0 Å². The zero-order valence-corrected chi connectivity index (χ0v) is 20.5.